The average molecular weight is 516 g/mol. The van der Waals surface area contributed by atoms with E-state index in [0.29, 0.717) is 36.2 Å². The van der Waals surface area contributed by atoms with Crippen LogP contribution in [0, 0.1) is 11.3 Å². The van der Waals surface area contributed by atoms with Gasteiger partial charge in [-0.05, 0) is 36.4 Å². The molecule has 2 aliphatic heterocycles. The molecule has 0 saturated carbocycles. The van der Waals surface area contributed by atoms with Gasteiger partial charge in [0.05, 0.1) is 36.8 Å². The second kappa shape index (κ2) is 12.8. The predicted molar refractivity (Wildman–Crippen MR) is 143 cm³/mol. The highest BCUT2D eigenvalue weighted by molar-refractivity contribution is 5.65. The third-order valence-electron chi connectivity index (χ3n) is 6.85. The van der Waals surface area contributed by atoms with E-state index >= 15 is 0 Å². The molecule has 0 bridgehead atoms. The van der Waals surface area contributed by atoms with Crippen molar-refractivity contribution in [2.45, 2.75) is 25.5 Å². The standard InChI is InChI=1S/C28H33N7O3/c29-19-22-17-21(1-2-27(22)38-25-5-15-37-16-6-25)26-4-8-31-28(33-26)32-23-3-7-30-24(18-23)20-35-11-9-34(10-12-35)13-14-36/h1-4,7-8,17-18,25,36H,5-6,9-16,20H2,(H,30,31,32,33). The molecule has 2 saturated heterocycles. The first-order valence-electron chi connectivity index (χ1n) is 13.1. The number of aliphatic hydroxyl groups excluding tert-OH is 1. The van der Waals surface area contributed by atoms with E-state index in [9.17, 15) is 5.26 Å². The van der Waals surface area contributed by atoms with Gasteiger partial charge >= 0.3 is 0 Å². The molecule has 0 spiro atoms. The van der Waals surface area contributed by atoms with Crippen molar-refractivity contribution in [1.82, 2.24) is 24.8 Å². The lowest BCUT2D eigenvalue weighted by molar-refractivity contribution is 0.0254. The van der Waals surface area contributed by atoms with E-state index in [1.807, 2.05) is 36.4 Å². The molecule has 0 radical (unpaired) electrons. The molecule has 1 aromatic carbocycles. The summed E-state index contributed by atoms with van der Waals surface area (Å²) in [7, 11) is 0. The summed E-state index contributed by atoms with van der Waals surface area (Å²) in [4.78, 5) is 18.3. The molecule has 198 valence electrons. The second-order valence-electron chi connectivity index (χ2n) is 9.52. The van der Waals surface area contributed by atoms with Crippen LogP contribution in [0.25, 0.3) is 11.3 Å². The van der Waals surface area contributed by atoms with Crippen LogP contribution in [0.15, 0.2) is 48.8 Å². The summed E-state index contributed by atoms with van der Waals surface area (Å²) < 4.78 is 11.5. The molecule has 0 atom stereocenters. The number of nitriles is 1. The highest BCUT2D eigenvalue weighted by Crippen LogP contribution is 2.28. The molecule has 2 aliphatic rings. The Morgan fingerprint density at radius 3 is 2.61 bits per heavy atom. The summed E-state index contributed by atoms with van der Waals surface area (Å²) >= 11 is 0. The van der Waals surface area contributed by atoms with E-state index in [2.05, 4.69) is 36.1 Å². The smallest absolute Gasteiger partial charge is 0.227 e. The van der Waals surface area contributed by atoms with Gasteiger partial charge in [0, 0.05) is 75.8 Å². The van der Waals surface area contributed by atoms with E-state index in [4.69, 9.17) is 14.6 Å². The number of anilines is 2. The first-order valence-corrected chi connectivity index (χ1v) is 13.1. The van der Waals surface area contributed by atoms with Gasteiger partial charge in [-0.25, -0.2) is 9.97 Å². The van der Waals surface area contributed by atoms with Gasteiger partial charge in [0.25, 0.3) is 0 Å². The van der Waals surface area contributed by atoms with Crippen molar-refractivity contribution >= 4 is 11.6 Å². The first-order chi connectivity index (χ1) is 18.7. The molecule has 10 heteroatoms. The normalized spacial score (nSPS) is 17.2. The molecule has 4 heterocycles. The van der Waals surface area contributed by atoms with Crippen molar-refractivity contribution in [2.24, 2.45) is 0 Å². The Labute approximate surface area is 222 Å². The molecule has 5 rings (SSSR count). The van der Waals surface area contributed by atoms with Crippen LogP contribution in [-0.4, -0.2) is 88.5 Å². The number of β-amino-alcohol motifs (C(OH)–C–C–N with tert-alkyl or cyclic N) is 1. The highest BCUT2D eigenvalue weighted by atomic mass is 16.5. The monoisotopic (exact) mass is 515 g/mol. The van der Waals surface area contributed by atoms with Gasteiger partial charge < -0.3 is 19.9 Å². The number of benzene rings is 1. The molecule has 2 aromatic heterocycles. The highest BCUT2D eigenvalue weighted by Gasteiger charge is 2.18. The van der Waals surface area contributed by atoms with Gasteiger partial charge in [0.1, 0.15) is 17.9 Å². The number of nitrogens with zero attached hydrogens (tertiary/aromatic N) is 6. The predicted octanol–water partition coefficient (Wildman–Crippen LogP) is 2.82. The molecule has 3 aromatic rings. The fraction of sp³-hybridized carbons (Fsp3) is 0.429. The minimum atomic E-state index is 0.0673. The van der Waals surface area contributed by atoms with Crippen molar-refractivity contribution in [3.8, 4) is 23.1 Å². The maximum atomic E-state index is 9.73. The SMILES string of the molecule is N#Cc1cc(-c2ccnc(Nc3ccnc(CN4CCN(CCO)CC4)c3)n2)ccc1OC1CCOCC1. The number of nitrogens with one attached hydrogen (secondary N) is 1. The van der Waals surface area contributed by atoms with Gasteiger partial charge in [-0.15, -0.1) is 0 Å². The largest absolute Gasteiger partial charge is 0.489 e. The zero-order chi connectivity index (χ0) is 26.2. The van der Waals surface area contributed by atoms with Gasteiger partial charge in [0.2, 0.25) is 5.95 Å². The van der Waals surface area contributed by atoms with Crippen LogP contribution in [0.1, 0.15) is 24.1 Å². The topological polar surface area (TPSA) is 120 Å². The van der Waals surface area contributed by atoms with Crippen molar-refractivity contribution in [2.75, 3.05) is 57.9 Å². The quantitative estimate of drug-likeness (QED) is 0.440. The van der Waals surface area contributed by atoms with E-state index in [0.717, 1.165) is 69.1 Å². The van der Waals surface area contributed by atoms with Crippen LogP contribution < -0.4 is 10.1 Å². The number of pyridine rings is 1. The lowest BCUT2D eigenvalue weighted by atomic mass is 10.1. The van der Waals surface area contributed by atoms with E-state index in [-0.39, 0.29) is 12.7 Å². The van der Waals surface area contributed by atoms with Crippen LogP contribution in [0.4, 0.5) is 11.6 Å². The molecule has 0 unspecified atom stereocenters. The van der Waals surface area contributed by atoms with Crippen LogP contribution in [-0.2, 0) is 11.3 Å². The summed E-state index contributed by atoms with van der Waals surface area (Å²) in [6, 6.07) is 13.6. The number of piperazine rings is 1. The minimum Gasteiger partial charge on any atom is -0.489 e. The lowest BCUT2D eigenvalue weighted by Crippen LogP contribution is -2.46. The Hall–Kier alpha value is -3.62. The van der Waals surface area contributed by atoms with Gasteiger partial charge in [-0.1, -0.05) is 0 Å². The van der Waals surface area contributed by atoms with E-state index in [1.54, 1.807) is 12.4 Å². The number of hydrogen-bond donors (Lipinski definition) is 2. The third kappa shape index (κ3) is 6.82. The maximum Gasteiger partial charge on any atom is 0.227 e. The minimum absolute atomic E-state index is 0.0673. The fourth-order valence-electron chi connectivity index (χ4n) is 4.75. The van der Waals surface area contributed by atoms with Gasteiger partial charge in [0.15, 0.2) is 0 Å². The molecule has 38 heavy (non-hydrogen) atoms. The Morgan fingerprint density at radius 2 is 1.82 bits per heavy atom. The summed E-state index contributed by atoms with van der Waals surface area (Å²) in [5.74, 6) is 1.06. The van der Waals surface area contributed by atoms with Crippen LogP contribution in [0.5, 0.6) is 5.75 Å². The third-order valence-corrected chi connectivity index (χ3v) is 6.85. The van der Waals surface area contributed by atoms with E-state index in [1.165, 1.54) is 0 Å². The second-order valence-corrected chi connectivity index (χ2v) is 9.52. The van der Waals surface area contributed by atoms with Crippen LogP contribution >= 0.6 is 0 Å². The van der Waals surface area contributed by atoms with Crippen molar-refractivity contribution in [3.63, 3.8) is 0 Å². The first kappa shape index (κ1) is 26.0. The Bertz CT molecular complexity index is 1250. The molecule has 2 N–H and O–H groups in total. The van der Waals surface area contributed by atoms with Gasteiger partial charge in [-0.2, -0.15) is 5.26 Å². The number of aliphatic hydroxyl groups is 1. The molecule has 10 nitrogen and oxygen atoms in total. The Morgan fingerprint density at radius 1 is 1.03 bits per heavy atom. The molecule has 2 fully saturated rings. The number of hydrogen-bond acceptors (Lipinski definition) is 10. The number of aromatic nitrogens is 3. The summed E-state index contributed by atoms with van der Waals surface area (Å²) in [6.45, 7) is 6.88. The zero-order valence-corrected chi connectivity index (χ0v) is 21.4. The zero-order valence-electron chi connectivity index (χ0n) is 21.4. The van der Waals surface area contributed by atoms with Crippen LogP contribution in [0.2, 0.25) is 0 Å². The lowest BCUT2D eigenvalue weighted by Gasteiger charge is -2.34. The van der Waals surface area contributed by atoms with Crippen LogP contribution in [0.3, 0.4) is 0 Å². The molecule has 0 aliphatic carbocycles. The maximum absolute atomic E-state index is 9.73. The molecule has 0 amide bonds. The van der Waals surface area contributed by atoms with Crippen molar-refractivity contribution in [1.29, 1.82) is 5.26 Å². The molecular weight excluding hydrogens is 482 g/mol. The Balaban J connectivity index is 1.24. The summed E-state index contributed by atoms with van der Waals surface area (Å²) in [6.07, 6.45) is 5.21. The number of rotatable bonds is 9. The Kier molecular flexibility index (Phi) is 8.73. The van der Waals surface area contributed by atoms with Crippen molar-refractivity contribution in [3.05, 3.63) is 60.0 Å². The average Bonchev–Trinajstić information content (AvgIpc) is 2.95. The summed E-state index contributed by atoms with van der Waals surface area (Å²) in [5.41, 5.74) is 3.86. The fourth-order valence-corrected chi connectivity index (χ4v) is 4.75. The summed E-state index contributed by atoms with van der Waals surface area (Å²) in [5, 5.41) is 22.2. The van der Waals surface area contributed by atoms with E-state index < -0.39 is 0 Å². The van der Waals surface area contributed by atoms with Gasteiger partial charge in [-0.3, -0.25) is 14.8 Å². The van der Waals surface area contributed by atoms with Crippen molar-refractivity contribution < 1.29 is 14.6 Å². The number of ether oxygens (including phenoxy) is 2. The molecular formula is C28H33N7O3.